The van der Waals surface area contributed by atoms with E-state index in [0.29, 0.717) is 5.56 Å². The lowest BCUT2D eigenvalue weighted by atomic mass is 9.94. The quantitative estimate of drug-likeness (QED) is 0.585. The number of benzene rings is 3. The van der Waals surface area contributed by atoms with E-state index in [0.717, 1.165) is 22.0 Å². The van der Waals surface area contributed by atoms with Crippen LogP contribution < -0.4 is 0 Å². The largest absolute Gasteiger partial charge is 0.289 e. The van der Waals surface area contributed by atoms with E-state index in [2.05, 4.69) is 28.1 Å². The van der Waals surface area contributed by atoms with Crippen LogP contribution in [0.1, 0.15) is 27.0 Å². The third-order valence-corrected chi connectivity index (χ3v) is 4.13. The van der Waals surface area contributed by atoms with E-state index in [1.54, 1.807) is 0 Å². The molecule has 0 atom stereocenters. The molecule has 0 aliphatic carbocycles. The molecule has 0 aliphatic heterocycles. The van der Waals surface area contributed by atoms with Crippen LogP contribution in [0.5, 0.6) is 0 Å². The maximum atomic E-state index is 12.8. The molecule has 3 rings (SSSR count). The molecule has 0 saturated heterocycles. The fraction of sp³-hybridized carbons (Fsp3) is 0.0500. The molecule has 108 valence electrons. The van der Waals surface area contributed by atoms with E-state index < -0.39 is 0 Å². The molecule has 1 nitrogen and oxygen atoms in total. The highest BCUT2D eigenvalue weighted by Crippen LogP contribution is 2.19. The molecule has 0 radical (unpaired) electrons. The number of ketones is 1. The standard InChI is InChI=1S/C20H15BrO/c21-18-12-10-16(11-13-18)20(22)19-9-5-4-8-17(19)14-15-6-2-1-3-7-15/h1-13H,14H2. The molecule has 0 N–H and O–H groups in total. The van der Waals surface area contributed by atoms with Crippen LogP contribution in [0.15, 0.2) is 83.3 Å². The monoisotopic (exact) mass is 350 g/mol. The Hall–Kier alpha value is -2.19. The van der Waals surface area contributed by atoms with Crippen LogP contribution in [-0.4, -0.2) is 5.78 Å². The number of hydrogen-bond donors (Lipinski definition) is 0. The van der Waals surface area contributed by atoms with Crippen molar-refractivity contribution in [3.05, 3.63) is 106 Å². The topological polar surface area (TPSA) is 17.1 Å². The summed E-state index contributed by atoms with van der Waals surface area (Å²) in [6.45, 7) is 0. The lowest BCUT2D eigenvalue weighted by Gasteiger charge is -2.09. The summed E-state index contributed by atoms with van der Waals surface area (Å²) >= 11 is 3.40. The van der Waals surface area contributed by atoms with Gasteiger partial charge in [-0.1, -0.05) is 70.5 Å². The molecule has 0 heterocycles. The molecule has 3 aromatic rings. The van der Waals surface area contributed by atoms with Crippen molar-refractivity contribution >= 4 is 21.7 Å². The Morgan fingerprint density at radius 1 is 0.773 bits per heavy atom. The minimum atomic E-state index is 0.0685. The maximum absolute atomic E-state index is 12.8. The number of halogens is 1. The van der Waals surface area contributed by atoms with Crippen molar-refractivity contribution in [2.75, 3.05) is 0 Å². The normalized spacial score (nSPS) is 10.4. The third kappa shape index (κ3) is 3.34. The Morgan fingerprint density at radius 3 is 2.14 bits per heavy atom. The van der Waals surface area contributed by atoms with Crippen LogP contribution in [0, 0.1) is 0 Å². The first kappa shape index (κ1) is 14.7. The van der Waals surface area contributed by atoms with Crippen LogP contribution in [0.4, 0.5) is 0 Å². The molecule has 0 bridgehead atoms. The second-order valence-electron chi connectivity index (χ2n) is 5.16. The van der Waals surface area contributed by atoms with Gasteiger partial charge in [0.2, 0.25) is 0 Å². The summed E-state index contributed by atoms with van der Waals surface area (Å²) in [6.07, 6.45) is 0.763. The van der Waals surface area contributed by atoms with Gasteiger partial charge in [0.05, 0.1) is 0 Å². The minimum absolute atomic E-state index is 0.0685. The molecular weight excluding hydrogens is 336 g/mol. The van der Waals surface area contributed by atoms with E-state index in [1.165, 1.54) is 5.56 Å². The van der Waals surface area contributed by atoms with Gasteiger partial charge in [-0.3, -0.25) is 4.79 Å². The van der Waals surface area contributed by atoms with Crippen LogP contribution >= 0.6 is 15.9 Å². The van der Waals surface area contributed by atoms with Crippen molar-refractivity contribution in [2.24, 2.45) is 0 Å². The van der Waals surface area contributed by atoms with Gasteiger partial charge >= 0.3 is 0 Å². The van der Waals surface area contributed by atoms with Gasteiger partial charge in [0, 0.05) is 15.6 Å². The van der Waals surface area contributed by atoms with E-state index in [1.807, 2.05) is 66.7 Å². The molecule has 0 amide bonds. The number of hydrogen-bond acceptors (Lipinski definition) is 1. The van der Waals surface area contributed by atoms with Gasteiger partial charge in [-0.2, -0.15) is 0 Å². The van der Waals surface area contributed by atoms with Crippen molar-refractivity contribution in [3.8, 4) is 0 Å². The van der Waals surface area contributed by atoms with Gasteiger partial charge in [0.25, 0.3) is 0 Å². The highest BCUT2D eigenvalue weighted by atomic mass is 79.9. The van der Waals surface area contributed by atoms with Crippen LogP contribution in [-0.2, 0) is 6.42 Å². The average molecular weight is 351 g/mol. The number of carbonyl (C=O) groups excluding carboxylic acids is 1. The van der Waals surface area contributed by atoms with Crippen molar-refractivity contribution in [1.82, 2.24) is 0 Å². The van der Waals surface area contributed by atoms with Gasteiger partial charge in [0.1, 0.15) is 0 Å². The van der Waals surface area contributed by atoms with Gasteiger partial charge in [-0.15, -0.1) is 0 Å². The number of carbonyl (C=O) groups is 1. The molecule has 2 heteroatoms. The fourth-order valence-corrected chi connectivity index (χ4v) is 2.73. The Labute approximate surface area is 138 Å². The second-order valence-corrected chi connectivity index (χ2v) is 6.07. The van der Waals surface area contributed by atoms with Crippen molar-refractivity contribution in [1.29, 1.82) is 0 Å². The lowest BCUT2D eigenvalue weighted by molar-refractivity contribution is 0.103. The lowest BCUT2D eigenvalue weighted by Crippen LogP contribution is -2.05. The van der Waals surface area contributed by atoms with Crippen molar-refractivity contribution in [2.45, 2.75) is 6.42 Å². The van der Waals surface area contributed by atoms with Crippen molar-refractivity contribution < 1.29 is 4.79 Å². The predicted octanol–water partition coefficient (Wildman–Crippen LogP) is 5.27. The van der Waals surface area contributed by atoms with Gasteiger partial charge in [-0.05, 0) is 41.8 Å². The Morgan fingerprint density at radius 2 is 1.41 bits per heavy atom. The summed E-state index contributed by atoms with van der Waals surface area (Å²) in [7, 11) is 0. The summed E-state index contributed by atoms with van der Waals surface area (Å²) in [5.41, 5.74) is 3.75. The molecule has 0 spiro atoms. The fourth-order valence-electron chi connectivity index (χ4n) is 2.47. The van der Waals surface area contributed by atoms with E-state index in [4.69, 9.17) is 0 Å². The van der Waals surface area contributed by atoms with Gasteiger partial charge in [0.15, 0.2) is 5.78 Å². The Balaban J connectivity index is 1.94. The number of rotatable bonds is 4. The highest BCUT2D eigenvalue weighted by Gasteiger charge is 2.13. The first-order valence-corrected chi connectivity index (χ1v) is 7.95. The molecule has 22 heavy (non-hydrogen) atoms. The molecule has 3 aromatic carbocycles. The van der Waals surface area contributed by atoms with Crippen molar-refractivity contribution in [3.63, 3.8) is 0 Å². The summed E-state index contributed by atoms with van der Waals surface area (Å²) in [4.78, 5) is 12.8. The minimum Gasteiger partial charge on any atom is -0.289 e. The summed E-state index contributed by atoms with van der Waals surface area (Å²) in [5, 5.41) is 0. The first-order chi connectivity index (χ1) is 10.7. The zero-order valence-electron chi connectivity index (χ0n) is 12.0. The van der Waals surface area contributed by atoms with Crippen LogP contribution in [0.2, 0.25) is 0 Å². The van der Waals surface area contributed by atoms with Gasteiger partial charge in [-0.25, -0.2) is 0 Å². The summed E-state index contributed by atoms with van der Waals surface area (Å²) in [5.74, 6) is 0.0685. The van der Waals surface area contributed by atoms with E-state index in [9.17, 15) is 4.79 Å². The second kappa shape index (κ2) is 6.71. The highest BCUT2D eigenvalue weighted by molar-refractivity contribution is 9.10. The molecule has 0 saturated carbocycles. The Bertz CT molecular complexity index is 776. The predicted molar refractivity (Wildman–Crippen MR) is 93.3 cm³/mol. The third-order valence-electron chi connectivity index (χ3n) is 3.61. The van der Waals surface area contributed by atoms with Crippen LogP contribution in [0.3, 0.4) is 0 Å². The average Bonchev–Trinajstić information content (AvgIpc) is 2.56. The van der Waals surface area contributed by atoms with E-state index in [-0.39, 0.29) is 5.78 Å². The maximum Gasteiger partial charge on any atom is 0.193 e. The molecule has 0 aromatic heterocycles. The zero-order valence-corrected chi connectivity index (χ0v) is 13.6. The van der Waals surface area contributed by atoms with Gasteiger partial charge < -0.3 is 0 Å². The molecule has 0 aliphatic rings. The molecule has 0 unspecified atom stereocenters. The SMILES string of the molecule is O=C(c1ccc(Br)cc1)c1ccccc1Cc1ccccc1. The van der Waals surface area contributed by atoms with E-state index >= 15 is 0 Å². The summed E-state index contributed by atoms with van der Waals surface area (Å²) < 4.78 is 0.974. The Kier molecular flexibility index (Phi) is 4.50. The summed E-state index contributed by atoms with van der Waals surface area (Å²) in [6, 6.07) is 25.5. The molecule has 0 fully saturated rings. The zero-order chi connectivity index (χ0) is 15.4. The van der Waals surface area contributed by atoms with Crippen LogP contribution in [0.25, 0.3) is 0 Å². The molecular formula is C20H15BrO. The smallest absolute Gasteiger partial charge is 0.193 e. The first-order valence-electron chi connectivity index (χ1n) is 7.16.